The Kier molecular flexibility index (Phi) is 9.03. The SMILES string of the molecule is CCOc1ccc(N(C(=O)CCCOc2ccc(C(C)(C)C)cc2)S(=O)(=O)c2ccc(Cl)cc2)cc1. The Morgan fingerprint density at radius 3 is 1.97 bits per heavy atom. The van der Waals surface area contributed by atoms with E-state index in [0.717, 1.165) is 4.31 Å². The average molecular weight is 530 g/mol. The molecule has 1 amide bonds. The van der Waals surface area contributed by atoms with Gasteiger partial charge in [0.1, 0.15) is 11.5 Å². The summed E-state index contributed by atoms with van der Waals surface area (Å²) in [6.45, 7) is 9.03. The summed E-state index contributed by atoms with van der Waals surface area (Å²) < 4.78 is 39.0. The fourth-order valence-corrected chi connectivity index (χ4v) is 5.11. The van der Waals surface area contributed by atoms with Gasteiger partial charge in [0.25, 0.3) is 10.0 Å². The summed E-state index contributed by atoms with van der Waals surface area (Å²) in [4.78, 5) is 13.2. The predicted octanol–water partition coefficient (Wildman–Crippen LogP) is 6.62. The molecule has 0 unspecified atom stereocenters. The molecule has 0 radical (unpaired) electrons. The van der Waals surface area contributed by atoms with Crippen LogP contribution in [0.5, 0.6) is 11.5 Å². The molecule has 3 rings (SSSR count). The number of hydrogen-bond donors (Lipinski definition) is 0. The van der Waals surface area contributed by atoms with E-state index < -0.39 is 15.9 Å². The summed E-state index contributed by atoms with van der Waals surface area (Å²) in [5.74, 6) is 0.733. The Labute approximate surface area is 218 Å². The minimum absolute atomic E-state index is 0.0138. The summed E-state index contributed by atoms with van der Waals surface area (Å²) in [5, 5.41) is 0.403. The Hall–Kier alpha value is -3.03. The molecule has 3 aromatic carbocycles. The first-order valence-corrected chi connectivity index (χ1v) is 13.6. The molecule has 0 fully saturated rings. The number of nitrogens with zero attached hydrogens (tertiary/aromatic N) is 1. The predicted molar refractivity (Wildman–Crippen MR) is 144 cm³/mol. The summed E-state index contributed by atoms with van der Waals surface area (Å²) in [5.41, 5.74) is 1.48. The van der Waals surface area contributed by atoms with Gasteiger partial charge in [0.2, 0.25) is 5.91 Å². The quantitative estimate of drug-likeness (QED) is 0.276. The van der Waals surface area contributed by atoms with Gasteiger partial charge in [0.15, 0.2) is 0 Å². The van der Waals surface area contributed by atoms with E-state index >= 15 is 0 Å². The van der Waals surface area contributed by atoms with E-state index in [1.165, 1.54) is 29.8 Å². The number of halogens is 1. The summed E-state index contributed by atoms with van der Waals surface area (Å²) in [6, 6.07) is 20.0. The van der Waals surface area contributed by atoms with E-state index in [1.54, 1.807) is 24.3 Å². The lowest BCUT2D eigenvalue weighted by atomic mass is 9.87. The van der Waals surface area contributed by atoms with Crippen molar-refractivity contribution in [3.63, 3.8) is 0 Å². The van der Waals surface area contributed by atoms with Crippen molar-refractivity contribution in [1.82, 2.24) is 0 Å². The molecule has 0 aliphatic rings. The third-order valence-corrected chi connectivity index (χ3v) is 7.50. The number of carbonyl (C=O) groups is 1. The van der Waals surface area contributed by atoms with Crippen LogP contribution in [0.1, 0.15) is 46.1 Å². The number of anilines is 1. The van der Waals surface area contributed by atoms with Gasteiger partial charge in [-0.25, -0.2) is 12.7 Å². The maximum absolute atomic E-state index is 13.5. The van der Waals surface area contributed by atoms with Gasteiger partial charge in [-0.3, -0.25) is 4.79 Å². The molecule has 192 valence electrons. The van der Waals surface area contributed by atoms with Gasteiger partial charge >= 0.3 is 0 Å². The molecule has 0 heterocycles. The maximum atomic E-state index is 13.5. The second kappa shape index (κ2) is 11.8. The molecule has 0 saturated heterocycles. The fraction of sp³-hybridized carbons (Fsp3) is 0.321. The largest absolute Gasteiger partial charge is 0.494 e. The van der Waals surface area contributed by atoms with Crippen LogP contribution in [0.25, 0.3) is 0 Å². The Balaban J connectivity index is 1.74. The molecule has 0 atom stereocenters. The number of ether oxygens (including phenoxy) is 2. The highest BCUT2D eigenvalue weighted by atomic mass is 35.5. The molecule has 3 aromatic rings. The smallest absolute Gasteiger partial charge is 0.270 e. The van der Waals surface area contributed by atoms with Crippen LogP contribution < -0.4 is 13.8 Å². The van der Waals surface area contributed by atoms with Crippen LogP contribution in [0.2, 0.25) is 5.02 Å². The normalized spacial score (nSPS) is 11.7. The molecule has 8 heteroatoms. The first-order valence-electron chi connectivity index (χ1n) is 11.8. The number of carbonyl (C=O) groups excluding carboxylic acids is 1. The van der Waals surface area contributed by atoms with Crippen molar-refractivity contribution in [2.75, 3.05) is 17.5 Å². The molecule has 0 saturated carbocycles. The van der Waals surface area contributed by atoms with Crippen molar-refractivity contribution >= 4 is 33.2 Å². The third-order valence-electron chi connectivity index (χ3n) is 5.48. The van der Waals surface area contributed by atoms with Crippen LogP contribution in [-0.2, 0) is 20.2 Å². The van der Waals surface area contributed by atoms with E-state index in [4.69, 9.17) is 21.1 Å². The monoisotopic (exact) mass is 529 g/mol. The Bertz CT molecular complexity index is 1250. The number of sulfonamides is 1. The molecule has 0 aromatic heterocycles. The number of hydrogen-bond acceptors (Lipinski definition) is 5. The van der Waals surface area contributed by atoms with Crippen molar-refractivity contribution in [3.8, 4) is 11.5 Å². The molecule has 6 nitrogen and oxygen atoms in total. The van der Waals surface area contributed by atoms with Crippen LogP contribution in [0.3, 0.4) is 0 Å². The molecule has 0 N–H and O–H groups in total. The fourth-order valence-electron chi connectivity index (χ4n) is 3.54. The number of amides is 1. The van der Waals surface area contributed by atoms with E-state index in [1.807, 2.05) is 31.2 Å². The maximum Gasteiger partial charge on any atom is 0.270 e. The highest BCUT2D eigenvalue weighted by Crippen LogP contribution is 2.28. The highest BCUT2D eigenvalue weighted by molar-refractivity contribution is 7.93. The topological polar surface area (TPSA) is 72.9 Å². The minimum atomic E-state index is -4.16. The van der Waals surface area contributed by atoms with E-state index in [-0.39, 0.29) is 29.0 Å². The average Bonchev–Trinajstić information content (AvgIpc) is 2.83. The van der Waals surface area contributed by atoms with E-state index in [2.05, 4.69) is 20.8 Å². The van der Waals surface area contributed by atoms with Crippen molar-refractivity contribution in [3.05, 3.63) is 83.4 Å². The molecule has 0 bridgehead atoms. The minimum Gasteiger partial charge on any atom is -0.494 e. The lowest BCUT2D eigenvalue weighted by Crippen LogP contribution is -2.37. The molecule has 0 aliphatic carbocycles. The molecule has 36 heavy (non-hydrogen) atoms. The van der Waals surface area contributed by atoms with Gasteiger partial charge in [-0.2, -0.15) is 0 Å². The van der Waals surface area contributed by atoms with Gasteiger partial charge in [-0.15, -0.1) is 0 Å². The zero-order chi connectivity index (χ0) is 26.3. The van der Waals surface area contributed by atoms with Crippen LogP contribution in [0.4, 0.5) is 5.69 Å². The van der Waals surface area contributed by atoms with Gasteiger partial charge in [-0.05, 0) is 85.0 Å². The van der Waals surface area contributed by atoms with Crippen molar-refractivity contribution < 1.29 is 22.7 Å². The van der Waals surface area contributed by atoms with Crippen molar-refractivity contribution in [2.45, 2.75) is 50.8 Å². The van der Waals surface area contributed by atoms with Gasteiger partial charge < -0.3 is 9.47 Å². The first-order chi connectivity index (χ1) is 17.0. The number of rotatable bonds is 10. The second-order valence-corrected chi connectivity index (χ2v) is 11.5. The summed E-state index contributed by atoms with van der Waals surface area (Å²) in [7, 11) is -4.16. The molecule has 0 aliphatic heterocycles. The Morgan fingerprint density at radius 1 is 0.861 bits per heavy atom. The summed E-state index contributed by atoms with van der Waals surface area (Å²) in [6.07, 6.45) is 0.337. The van der Waals surface area contributed by atoms with Gasteiger partial charge in [-0.1, -0.05) is 44.5 Å². The zero-order valence-electron chi connectivity index (χ0n) is 21.0. The van der Waals surface area contributed by atoms with Crippen LogP contribution in [0.15, 0.2) is 77.7 Å². The van der Waals surface area contributed by atoms with Crippen LogP contribution >= 0.6 is 11.6 Å². The van der Waals surface area contributed by atoms with Crippen LogP contribution in [0, 0.1) is 0 Å². The Morgan fingerprint density at radius 2 is 1.42 bits per heavy atom. The molecule has 0 spiro atoms. The zero-order valence-corrected chi connectivity index (χ0v) is 22.6. The van der Waals surface area contributed by atoms with Gasteiger partial charge in [0, 0.05) is 11.4 Å². The summed E-state index contributed by atoms with van der Waals surface area (Å²) >= 11 is 5.93. The van der Waals surface area contributed by atoms with Crippen molar-refractivity contribution in [1.29, 1.82) is 0 Å². The van der Waals surface area contributed by atoms with E-state index in [0.29, 0.717) is 29.5 Å². The van der Waals surface area contributed by atoms with Gasteiger partial charge in [0.05, 0.1) is 23.8 Å². The van der Waals surface area contributed by atoms with Crippen molar-refractivity contribution in [2.24, 2.45) is 0 Å². The first kappa shape index (κ1) is 27.6. The second-order valence-electron chi connectivity index (χ2n) is 9.27. The van der Waals surface area contributed by atoms with Crippen LogP contribution in [-0.4, -0.2) is 27.5 Å². The lowest BCUT2D eigenvalue weighted by molar-refractivity contribution is -0.117. The number of benzene rings is 3. The van der Waals surface area contributed by atoms with E-state index in [9.17, 15) is 13.2 Å². The molecular formula is C28H32ClNO5S. The highest BCUT2D eigenvalue weighted by Gasteiger charge is 2.30. The standard InChI is InChI=1S/C28H32ClNO5S/c1-5-34-24-16-12-23(13-17-24)30(36(32,33)26-18-10-22(29)11-19-26)27(31)7-6-20-35-25-14-8-21(9-15-25)28(2,3)4/h8-19H,5-7,20H2,1-4H3. The lowest BCUT2D eigenvalue weighted by Gasteiger charge is -2.23. The third kappa shape index (κ3) is 7.02. The molecular weight excluding hydrogens is 498 g/mol.